The van der Waals surface area contributed by atoms with E-state index in [1.165, 1.54) is 32.6 Å². The Hall–Kier alpha value is -16.8. The van der Waals surface area contributed by atoms with Crippen molar-refractivity contribution < 1.29 is 8.83 Å². The van der Waals surface area contributed by atoms with Gasteiger partial charge in [-0.1, -0.05) is 346 Å². The minimum Gasteiger partial charge on any atom is -0.455 e. The normalized spacial score (nSPS) is 11.7. The predicted octanol–water partition coefficient (Wildman–Crippen LogP) is 33.6. The van der Waals surface area contributed by atoms with Crippen molar-refractivity contribution in [1.29, 1.82) is 0 Å². The lowest BCUT2D eigenvalue weighted by Crippen LogP contribution is -2.11. The van der Waals surface area contributed by atoms with Crippen LogP contribution >= 0.6 is 0 Å². The Labute approximate surface area is 729 Å². The van der Waals surface area contributed by atoms with Crippen molar-refractivity contribution >= 4 is 122 Å². The van der Waals surface area contributed by atoms with Crippen LogP contribution in [0.2, 0.25) is 0 Å². The van der Waals surface area contributed by atoms with Gasteiger partial charge in [0.2, 0.25) is 0 Å². The maximum atomic E-state index is 6.80. The van der Waals surface area contributed by atoms with Crippen LogP contribution in [-0.2, 0) is 0 Å². The van der Waals surface area contributed by atoms with Crippen LogP contribution in [0, 0.1) is 0 Å². The van der Waals surface area contributed by atoms with Gasteiger partial charge in [0, 0.05) is 99.5 Å². The molecule has 4 aromatic heterocycles. The molecule has 6 heteroatoms. The summed E-state index contributed by atoms with van der Waals surface area (Å²) in [5.74, 6) is 0. The highest BCUT2D eigenvalue weighted by atomic mass is 16.3. The minimum absolute atomic E-state index is 0.858. The van der Waals surface area contributed by atoms with Crippen LogP contribution < -0.4 is 9.80 Å². The molecule has 0 aliphatic carbocycles. The summed E-state index contributed by atoms with van der Waals surface area (Å²) in [6.45, 7) is 0. The first kappa shape index (κ1) is 73.1. The largest absolute Gasteiger partial charge is 0.455 e. The van der Waals surface area contributed by atoms with Gasteiger partial charge >= 0.3 is 0 Å². The molecule has 0 fully saturated rings. The number of hydrogen-bond donors (Lipinski definition) is 0. The van der Waals surface area contributed by atoms with Crippen LogP contribution in [-0.4, -0.2) is 9.13 Å². The Morgan fingerprint density at radius 2 is 0.476 bits per heavy atom. The third-order valence-electron chi connectivity index (χ3n) is 25.3. The van der Waals surface area contributed by atoms with Gasteiger partial charge in [0.05, 0.1) is 33.4 Å². The quantitative estimate of drug-likeness (QED) is 0.0911. The number of fused-ring (bicyclic) bond motifs is 12. The lowest BCUT2D eigenvalue weighted by atomic mass is 9.96. The van der Waals surface area contributed by atoms with Gasteiger partial charge in [-0.2, -0.15) is 0 Å². The van der Waals surface area contributed by atoms with E-state index in [1.54, 1.807) is 0 Å². The van der Waals surface area contributed by atoms with E-state index in [-0.39, 0.29) is 0 Å². The lowest BCUT2D eigenvalue weighted by Gasteiger charge is -2.28. The van der Waals surface area contributed by atoms with E-state index in [1.807, 2.05) is 0 Å². The number of benzene rings is 20. The fourth-order valence-electron chi connectivity index (χ4n) is 19.5. The maximum absolute atomic E-state index is 6.80. The molecule has 126 heavy (non-hydrogen) atoms. The molecule has 0 saturated carbocycles. The number of furan rings is 2. The van der Waals surface area contributed by atoms with Crippen LogP contribution in [0.25, 0.3) is 199 Å². The van der Waals surface area contributed by atoms with Crippen LogP contribution in [0.1, 0.15) is 0 Å². The van der Waals surface area contributed by atoms with Crippen LogP contribution in [0.5, 0.6) is 0 Å². The fourth-order valence-corrected chi connectivity index (χ4v) is 19.5. The maximum Gasteiger partial charge on any atom is 0.143 e. The SMILES string of the molecule is c1ccc(-c2ccccc2N(c2ccc(-c3cccc(-n4c5ccccc5c5ccc(-c6cccc(-c7ccccc7N(c7ccc(-c8cccc(-n9c%10ccccc%10c%10ccccc%109)c8)cc7)c7ccc(-c8cccc9oc%10c(-c%11ccccc%11)cccc%10c89)cc7)c6)cc54)c3)cc2)c2cccc(-c3cccc4oc5c(-c6ccccc6)cccc5c34)c2)cc1. The standard InChI is InChI=1S/C120H78N4O2/c1-4-28-81(29-5-1)97-42-10-15-53-109(97)122(94-39-23-38-90(77-94)100-48-27-59-116-118(100)108-52-25-50-102(120(108)126-116)83-32-8-3-9-33-83)93-69-62-80(63-70-93)87-36-22-41-96(76-87)124-113-57-19-14-46-105(113)106-73-66-88(78-114(106)124)85-34-20-37-89(74-85)98-43-11-16-54-110(98)121(91-67-60-79(61-68-91)86-35-21-40-95(75-86)123-111-55-17-12-44-103(111)104-45-13-18-56-112(104)123)92-71-64-84(65-72-92)99-47-26-58-115-117(99)107-51-24-49-101(119(107)125-115)82-30-6-2-7-31-82/h1-78H. The van der Waals surface area contributed by atoms with Gasteiger partial charge < -0.3 is 27.8 Å². The first-order valence-corrected chi connectivity index (χ1v) is 43.1. The molecular weight excluding hydrogens is 1530 g/mol. The van der Waals surface area contributed by atoms with Gasteiger partial charge in [-0.25, -0.2) is 0 Å². The van der Waals surface area contributed by atoms with E-state index in [9.17, 15) is 0 Å². The molecule has 20 aromatic carbocycles. The first-order valence-electron chi connectivity index (χ1n) is 43.1. The second kappa shape index (κ2) is 30.7. The predicted molar refractivity (Wildman–Crippen MR) is 528 cm³/mol. The van der Waals surface area contributed by atoms with Gasteiger partial charge in [-0.15, -0.1) is 0 Å². The number of rotatable bonds is 17. The summed E-state index contributed by atoms with van der Waals surface area (Å²) in [4.78, 5) is 4.83. The molecule has 6 nitrogen and oxygen atoms in total. The molecule has 0 N–H and O–H groups in total. The molecule has 590 valence electrons. The van der Waals surface area contributed by atoms with E-state index in [4.69, 9.17) is 8.83 Å². The van der Waals surface area contributed by atoms with Gasteiger partial charge in [0.25, 0.3) is 0 Å². The zero-order valence-corrected chi connectivity index (χ0v) is 68.6. The molecule has 0 saturated heterocycles. The number of aromatic nitrogens is 2. The lowest BCUT2D eigenvalue weighted by molar-refractivity contribution is 0.669. The van der Waals surface area contributed by atoms with Crippen LogP contribution in [0.15, 0.2) is 482 Å². The zero-order chi connectivity index (χ0) is 83.1. The van der Waals surface area contributed by atoms with E-state index in [0.717, 1.165) is 201 Å². The molecule has 0 aliphatic heterocycles. The Morgan fingerprint density at radius 3 is 0.984 bits per heavy atom. The highest BCUT2D eigenvalue weighted by Crippen LogP contribution is 2.50. The topological polar surface area (TPSA) is 42.6 Å². The molecule has 0 bridgehead atoms. The third-order valence-corrected chi connectivity index (χ3v) is 25.3. The second-order valence-electron chi connectivity index (χ2n) is 32.6. The highest BCUT2D eigenvalue weighted by molar-refractivity contribution is 6.18. The van der Waals surface area contributed by atoms with E-state index >= 15 is 0 Å². The molecule has 0 aliphatic rings. The summed E-state index contributed by atoms with van der Waals surface area (Å²) in [5, 5.41) is 9.25. The molecule has 0 spiro atoms. The first-order chi connectivity index (χ1) is 62.5. The fraction of sp³-hybridized carbons (Fsp3) is 0. The Balaban J connectivity index is 0.581. The Bertz CT molecular complexity index is 8270. The minimum atomic E-state index is 0.858. The number of para-hydroxylation sites is 7. The summed E-state index contributed by atoms with van der Waals surface area (Å²) in [6.07, 6.45) is 0. The molecular formula is C120H78N4O2. The molecule has 24 aromatic rings. The Morgan fingerprint density at radius 1 is 0.167 bits per heavy atom. The Kier molecular flexibility index (Phi) is 17.8. The summed E-state index contributed by atoms with van der Waals surface area (Å²) >= 11 is 0. The van der Waals surface area contributed by atoms with Gasteiger partial charge in [0.1, 0.15) is 22.3 Å². The van der Waals surface area contributed by atoms with Gasteiger partial charge in [-0.3, -0.25) is 0 Å². The molecule has 0 amide bonds. The van der Waals surface area contributed by atoms with Crippen molar-refractivity contribution in [3.05, 3.63) is 473 Å². The average Bonchev–Trinajstić information content (AvgIpc) is 1.56. The van der Waals surface area contributed by atoms with Crippen LogP contribution in [0.3, 0.4) is 0 Å². The molecule has 0 atom stereocenters. The summed E-state index contributed by atoms with van der Waals surface area (Å²) in [5.41, 5.74) is 36.6. The van der Waals surface area contributed by atoms with Crippen molar-refractivity contribution in [2.45, 2.75) is 0 Å². The third kappa shape index (κ3) is 12.6. The number of hydrogen-bond acceptors (Lipinski definition) is 4. The number of anilines is 6. The monoisotopic (exact) mass is 1610 g/mol. The molecule has 0 radical (unpaired) electrons. The van der Waals surface area contributed by atoms with Crippen molar-refractivity contribution in [3.8, 4) is 112 Å². The van der Waals surface area contributed by atoms with Gasteiger partial charge in [0.15, 0.2) is 0 Å². The van der Waals surface area contributed by atoms with Crippen molar-refractivity contribution in [1.82, 2.24) is 9.13 Å². The summed E-state index contributed by atoms with van der Waals surface area (Å²) in [7, 11) is 0. The number of nitrogens with zero attached hydrogens (tertiary/aromatic N) is 4. The second-order valence-corrected chi connectivity index (χ2v) is 32.6. The average molecular weight is 1610 g/mol. The van der Waals surface area contributed by atoms with E-state index < -0.39 is 0 Å². The summed E-state index contributed by atoms with van der Waals surface area (Å²) in [6, 6.07) is 172. The molecule has 24 rings (SSSR count). The highest BCUT2D eigenvalue weighted by Gasteiger charge is 2.26. The zero-order valence-electron chi connectivity index (χ0n) is 68.6. The van der Waals surface area contributed by atoms with Crippen molar-refractivity contribution in [3.63, 3.8) is 0 Å². The van der Waals surface area contributed by atoms with Crippen molar-refractivity contribution in [2.24, 2.45) is 0 Å². The van der Waals surface area contributed by atoms with Crippen LogP contribution in [0.4, 0.5) is 34.1 Å². The van der Waals surface area contributed by atoms with Crippen molar-refractivity contribution in [2.75, 3.05) is 9.80 Å². The van der Waals surface area contributed by atoms with E-state index in [0.29, 0.717) is 0 Å². The molecule has 4 heterocycles. The molecule has 0 unspecified atom stereocenters. The van der Waals surface area contributed by atoms with E-state index in [2.05, 4.69) is 492 Å². The smallest absolute Gasteiger partial charge is 0.143 e. The summed E-state index contributed by atoms with van der Waals surface area (Å²) < 4.78 is 18.4. The van der Waals surface area contributed by atoms with Gasteiger partial charge in [-0.05, 0) is 205 Å².